The molecule has 4 rings (SSSR count). The van der Waals surface area contributed by atoms with Gasteiger partial charge in [0, 0.05) is 29.2 Å². The lowest BCUT2D eigenvalue weighted by Crippen LogP contribution is -2.15. The summed E-state index contributed by atoms with van der Waals surface area (Å²) in [6.45, 7) is 8.71. The van der Waals surface area contributed by atoms with Gasteiger partial charge in [0.05, 0.1) is 22.9 Å². The monoisotopic (exact) mass is 430 g/mol. The minimum absolute atomic E-state index is 0.0127. The molecule has 5 heteroatoms. The Morgan fingerprint density at radius 2 is 1.91 bits per heavy atom. The maximum absolute atomic E-state index is 13.3. The number of ether oxygens (including phenoxy) is 1. The first-order valence-electron chi connectivity index (χ1n) is 11.4. The van der Waals surface area contributed by atoms with E-state index in [-0.39, 0.29) is 23.7 Å². The van der Waals surface area contributed by atoms with Crippen molar-refractivity contribution in [2.75, 3.05) is 11.9 Å². The smallest absolute Gasteiger partial charge is 0.256 e. The second-order valence-electron chi connectivity index (χ2n) is 8.78. The predicted octanol–water partition coefficient (Wildman–Crippen LogP) is 6.18. The number of aryl methyl sites for hydroxylation is 2. The molecule has 0 radical (unpaired) electrons. The summed E-state index contributed by atoms with van der Waals surface area (Å²) in [6, 6.07) is 13.1. The van der Waals surface area contributed by atoms with Crippen molar-refractivity contribution in [3.8, 4) is 0 Å². The molecule has 0 saturated carbocycles. The van der Waals surface area contributed by atoms with Crippen LogP contribution in [0.2, 0.25) is 0 Å². The first-order chi connectivity index (χ1) is 15.4. The van der Waals surface area contributed by atoms with Crippen molar-refractivity contribution >= 4 is 28.3 Å². The maximum Gasteiger partial charge on any atom is 0.256 e. The molecule has 1 fully saturated rings. The van der Waals surface area contributed by atoms with E-state index in [0.29, 0.717) is 16.8 Å². The van der Waals surface area contributed by atoms with Gasteiger partial charge in [-0.15, -0.1) is 0 Å². The first-order valence-corrected chi connectivity index (χ1v) is 11.4. The zero-order valence-electron chi connectivity index (χ0n) is 19.2. The van der Waals surface area contributed by atoms with Crippen LogP contribution in [0.1, 0.15) is 76.8 Å². The van der Waals surface area contributed by atoms with Gasteiger partial charge in [0.15, 0.2) is 5.78 Å². The number of anilines is 1. The number of nitrogens with one attached hydrogen (secondary N) is 1. The zero-order chi connectivity index (χ0) is 22.8. The van der Waals surface area contributed by atoms with Gasteiger partial charge in [-0.05, 0) is 75.1 Å². The molecule has 0 bridgehead atoms. The number of fused-ring (bicyclic) bond motifs is 1. The van der Waals surface area contributed by atoms with E-state index < -0.39 is 0 Å². The number of Topliss-reactive ketones (excluding diaryl/α,β-unsaturated/α-hetero) is 1. The Kier molecular flexibility index (Phi) is 6.38. The molecule has 0 aliphatic carbocycles. The zero-order valence-corrected chi connectivity index (χ0v) is 19.2. The van der Waals surface area contributed by atoms with Crippen LogP contribution in [0, 0.1) is 19.8 Å². The van der Waals surface area contributed by atoms with Gasteiger partial charge < -0.3 is 10.1 Å². The van der Waals surface area contributed by atoms with E-state index >= 15 is 0 Å². The third-order valence-electron chi connectivity index (χ3n) is 6.26. The van der Waals surface area contributed by atoms with E-state index in [0.717, 1.165) is 53.6 Å². The van der Waals surface area contributed by atoms with Crippen LogP contribution in [0.4, 0.5) is 5.69 Å². The number of hydrogen-bond acceptors (Lipinski definition) is 4. The number of carbonyl (C=O) groups is 2. The lowest BCUT2D eigenvalue weighted by Gasteiger charge is -2.15. The molecule has 2 atom stereocenters. The molecular weight excluding hydrogens is 400 g/mol. The number of benzene rings is 2. The van der Waals surface area contributed by atoms with Crippen LogP contribution in [0.25, 0.3) is 10.9 Å². The van der Waals surface area contributed by atoms with Crippen molar-refractivity contribution in [2.24, 2.45) is 5.92 Å². The van der Waals surface area contributed by atoms with Gasteiger partial charge in [0.1, 0.15) is 0 Å². The number of rotatable bonds is 6. The van der Waals surface area contributed by atoms with Crippen LogP contribution >= 0.6 is 0 Å². The normalized spacial score (nSPS) is 16.8. The quantitative estimate of drug-likeness (QED) is 0.474. The van der Waals surface area contributed by atoms with Crippen LogP contribution in [0.3, 0.4) is 0 Å². The van der Waals surface area contributed by atoms with Crippen molar-refractivity contribution in [1.29, 1.82) is 0 Å². The molecule has 1 N–H and O–H groups in total. The average Bonchev–Trinajstić information content (AvgIpc) is 3.33. The molecule has 32 heavy (non-hydrogen) atoms. The summed E-state index contributed by atoms with van der Waals surface area (Å²) in [7, 11) is 0. The summed E-state index contributed by atoms with van der Waals surface area (Å²) in [5.41, 5.74) is 5.68. The van der Waals surface area contributed by atoms with Gasteiger partial charge in [-0.1, -0.05) is 25.5 Å². The second kappa shape index (κ2) is 9.21. The summed E-state index contributed by atoms with van der Waals surface area (Å²) in [6.07, 6.45) is 2.65. The molecule has 166 valence electrons. The molecule has 3 aromatic rings. The first kappa shape index (κ1) is 22.2. The fourth-order valence-electron chi connectivity index (χ4n) is 4.25. The molecule has 1 aliphatic heterocycles. The Morgan fingerprint density at radius 1 is 1.16 bits per heavy atom. The molecule has 2 unspecified atom stereocenters. The van der Waals surface area contributed by atoms with Crippen LogP contribution in [0.15, 0.2) is 42.5 Å². The molecule has 1 aliphatic rings. The molecule has 0 spiro atoms. The van der Waals surface area contributed by atoms with Crippen LogP contribution in [-0.4, -0.2) is 23.3 Å². The van der Waals surface area contributed by atoms with E-state index in [1.165, 1.54) is 0 Å². The number of pyridine rings is 1. The Labute approximate surface area is 189 Å². The number of hydrogen-bond donors (Lipinski definition) is 1. The Balaban J connectivity index is 1.67. The maximum atomic E-state index is 13.3. The number of nitrogens with zero attached hydrogens (tertiary/aromatic N) is 1. The Bertz CT molecular complexity index is 1160. The number of aromatic nitrogens is 1. The largest absolute Gasteiger partial charge is 0.372 e. The number of carbonyl (C=O) groups excluding carboxylic acids is 2. The minimum atomic E-state index is -0.192. The van der Waals surface area contributed by atoms with Gasteiger partial charge in [0.2, 0.25) is 0 Å². The summed E-state index contributed by atoms with van der Waals surface area (Å²) in [4.78, 5) is 30.6. The van der Waals surface area contributed by atoms with E-state index in [9.17, 15) is 9.59 Å². The summed E-state index contributed by atoms with van der Waals surface area (Å²) in [5, 5.41) is 3.84. The fraction of sp³-hybridized carbons (Fsp3) is 0.370. The molecular formula is C27H30N2O3. The predicted molar refractivity (Wildman–Crippen MR) is 127 cm³/mol. The summed E-state index contributed by atoms with van der Waals surface area (Å²) >= 11 is 0. The summed E-state index contributed by atoms with van der Waals surface area (Å²) < 4.78 is 5.84. The summed E-state index contributed by atoms with van der Waals surface area (Å²) in [5.74, 6) is -0.0818. The van der Waals surface area contributed by atoms with Crippen molar-refractivity contribution < 1.29 is 14.3 Å². The fourth-order valence-corrected chi connectivity index (χ4v) is 4.25. The molecule has 5 nitrogen and oxygen atoms in total. The Morgan fingerprint density at radius 3 is 2.56 bits per heavy atom. The van der Waals surface area contributed by atoms with Gasteiger partial charge in [-0.2, -0.15) is 0 Å². The molecule has 2 heterocycles. The van der Waals surface area contributed by atoms with Crippen molar-refractivity contribution in [2.45, 2.75) is 53.1 Å². The number of ketones is 1. The highest BCUT2D eigenvalue weighted by Crippen LogP contribution is 2.32. The third kappa shape index (κ3) is 4.44. The standard InChI is InChI=1S/C27H30N2O3/c1-5-17(3)26(30)19-8-10-20(11-9-19)28-27(31)22-15-23(24-7-6-12-32-24)29-25-18(4)13-16(2)14-21(22)25/h8-11,13-15,17,24H,5-7,12H2,1-4H3,(H,28,31). The average molecular weight is 431 g/mol. The molecule has 2 aromatic carbocycles. The second-order valence-corrected chi connectivity index (χ2v) is 8.78. The van der Waals surface area contributed by atoms with Crippen LogP contribution in [0.5, 0.6) is 0 Å². The van der Waals surface area contributed by atoms with E-state index in [1.807, 2.05) is 39.8 Å². The molecule has 1 saturated heterocycles. The Hall–Kier alpha value is -3.05. The van der Waals surface area contributed by atoms with Crippen molar-refractivity contribution in [1.82, 2.24) is 4.98 Å². The lowest BCUT2D eigenvalue weighted by molar-refractivity contribution is 0.0926. The molecule has 1 aromatic heterocycles. The topological polar surface area (TPSA) is 68.3 Å². The van der Waals surface area contributed by atoms with Gasteiger partial charge in [-0.3, -0.25) is 9.59 Å². The van der Waals surface area contributed by atoms with Crippen molar-refractivity contribution in [3.05, 3.63) is 70.4 Å². The van der Waals surface area contributed by atoms with Gasteiger partial charge >= 0.3 is 0 Å². The highest BCUT2D eigenvalue weighted by atomic mass is 16.5. The van der Waals surface area contributed by atoms with Crippen molar-refractivity contribution in [3.63, 3.8) is 0 Å². The van der Waals surface area contributed by atoms with Gasteiger partial charge in [-0.25, -0.2) is 4.98 Å². The highest BCUT2D eigenvalue weighted by Gasteiger charge is 2.23. The SMILES string of the molecule is CCC(C)C(=O)c1ccc(NC(=O)c2cc(C3CCCO3)nc3c(C)cc(C)cc23)cc1. The van der Waals surface area contributed by atoms with E-state index in [2.05, 4.69) is 11.4 Å². The van der Waals surface area contributed by atoms with Crippen LogP contribution < -0.4 is 5.32 Å². The number of amides is 1. The molecule has 1 amide bonds. The van der Waals surface area contributed by atoms with E-state index in [4.69, 9.17) is 9.72 Å². The van der Waals surface area contributed by atoms with Crippen LogP contribution in [-0.2, 0) is 4.74 Å². The van der Waals surface area contributed by atoms with Gasteiger partial charge in [0.25, 0.3) is 5.91 Å². The van der Waals surface area contributed by atoms with E-state index in [1.54, 1.807) is 24.3 Å². The highest BCUT2D eigenvalue weighted by molar-refractivity contribution is 6.13. The minimum Gasteiger partial charge on any atom is -0.372 e. The third-order valence-corrected chi connectivity index (χ3v) is 6.26. The lowest BCUT2D eigenvalue weighted by atomic mass is 9.97.